The minimum Gasteiger partial charge on any atom is -0.481 e. The zero-order chi connectivity index (χ0) is 16.1. The van der Waals surface area contributed by atoms with E-state index in [-0.39, 0.29) is 30.3 Å². The lowest BCUT2D eigenvalue weighted by molar-refractivity contribution is -0.143. The fourth-order valence-electron chi connectivity index (χ4n) is 2.65. The number of anilines is 1. The molecule has 1 saturated heterocycles. The summed E-state index contributed by atoms with van der Waals surface area (Å²) in [6.45, 7) is 3.17. The van der Waals surface area contributed by atoms with E-state index < -0.39 is 5.97 Å². The fraction of sp³-hybridized carbons (Fsp3) is 0.500. The fourth-order valence-corrected chi connectivity index (χ4v) is 3.11. The number of carbonyl (C=O) groups is 2. The van der Waals surface area contributed by atoms with Crippen LogP contribution in [-0.2, 0) is 9.59 Å². The quantitative estimate of drug-likeness (QED) is 0.792. The molecular weight excluding hydrogens is 336 g/mol. The first-order chi connectivity index (χ1) is 10.5. The van der Waals surface area contributed by atoms with E-state index in [2.05, 4.69) is 5.32 Å². The maximum absolute atomic E-state index is 12.4. The van der Waals surface area contributed by atoms with Crippen LogP contribution in [0.25, 0.3) is 0 Å². The van der Waals surface area contributed by atoms with E-state index in [9.17, 15) is 9.59 Å². The van der Waals surface area contributed by atoms with Crippen molar-refractivity contribution in [3.63, 3.8) is 0 Å². The second kappa shape index (κ2) is 9.15. The Balaban J connectivity index is 0.00000264. The lowest BCUT2D eigenvalue weighted by Crippen LogP contribution is -2.46. The van der Waals surface area contributed by atoms with Gasteiger partial charge in [-0.05, 0) is 57.3 Å². The first-order valence-electron chi connectivity index (χ1n) is 7.43. The molecule has 1 aromatic carbocycles. The van der Waals surface area contributed by atoms with Crippen molar-refractivity contribution in [2.75, 3.05) is 24.7 Å². The molecule has 2 N–H and O–H groups in total. The molecule has 2 rings (SSSR count). The van der Waals surface area contributed by atoms with Gasteiger partial charge < -0.3 is 10.4 Å². The van der Waals surface area contributed by atoms with Crippen LogP contribution >= 0.6 is 24.2 Å². The summed E-state index contributed by atoms with van der Waals surface area (Å²) in [5.74, 6) is -1.05. The SMILES string of the molecule is CSc1cccc(NC(=O)C(C)N2CCC(C(=O)O)CC2)c1.Cl. The maximum Gasteiger partial charge on any atom is 0.306 e. The molecule has 1 aromatic rings. The number of piperidine rings is 1. The molecule has 1 aliphatic heterocycles. The predicted octanol–water partition coefficient (Wildman–Crippen LogP) is 2.95. The van der Waals surface area contributed by atoms with Crippen molar-refractivity contribution in [1.82, 2.24) is 4.90 Å². The second-order valence-corrected chi connectivity index (χ2v) is 6.43. The average molecular weight is 359 g/mol. The largest absolute Gasteiger partial charge is 0.481 e. The number of benzene rings is 1. The van der Waals surface area contributed by atoms with Crippen molar-refractivity contribution in [2.45, 2.75) is 30.7 Å². The van der Waals surface area contributed by atoms with Gasteiger partial charge in [0.05, 0.1) is 12.0 Å². The molecule has 7 heteroatoms. The van der Waals surface area contributed by atoms with Gasteiger partial charge in [0.15, 0.2) is 0 Å². The van der Waals surface area contributed by atoms with Crippen LogP contribution in [0.2, 0.25) is 0 Å². The molecule has 0 radical (unpaired) electrons. The van der Waals surface area contributed by atoms with E-state index in [0.29, 0.717) is 25.9 Å². The van der Waals surface area contributed by atoms with Gasteiger partial charge in [-0.2, -0.15) is 0 Å². The molecule has 0 bridgehead atoms. The Morgan fingerprint density at radius 3 is 2.57 bits per heavy atom. The smallest absolute Gasteiger partial charge is 0.306 e. The Bertz CT molecular complexity index is 548. The van der Waals surface area contributed by atoms with Crippen LogP contribution in [0.3, 0.4) is 0 Å². The molecule has 5 nitrogen and oxygen atoms in total. The summed E-state index contributed by atoms with van der Waals surface area (Å²) in [4.78, 5) is 26.5. The highest BCUT2D eigenvalue weighted by molar-refractivity contribution is 7.98. The molecule has 1 amide bonds. The molecule has 128 valence electrons. The molecule has 0 saturated carbocycles. The molecule has 0 aromatic heterocycles. The van der Waals surface area contributed by atoms with Gasteiger partial charge >= 0.3 is 5.97 Å². The Morgan fingerprint density at radius 1 is 1.35 bits per heavy atom. The van der Waals surface area contributed by atoms with E-state index in [1.807, 2.05) is 42.3 Å². The van der Waals surface area contributed by atoms with E-state index in [4.69, 9.17) is 5.11 Å². The van der Waals surface area contributed by atoms with Gasteiger partial charge in [0.2, 0.25) is 5.91 Å². The number of carboxylic acids is 1. The highest BCUT2D eigenvalue weighted by atomic mass is 35.5. The number of nitrogens with one attached hydrogen (secondary N) is 1. The van der Waals surface area contributed by atoms with Crippen molar-refractivity contribution >= 4 is 41.7 Å². The van der Waals surface area contributed by atoms with Crippen molar-refractivity contribution in [3.8, 4) is 0 Å². The number of rotatable bonds is 5. The summed E-state index contributed by atoms with van der Waals surface area (Å²) in [5, 5.41) is 12.0. The number of nitrogens with zero attached hydrogens (tertiary/aromatic N) is 1. The maximum atomic E-state index is 12.4. The number of aliphatic carboxylic acids is 1. The summed E-state index contributed by atoms with van der Waals surface area (Å²) in [5.41, 5.74) is 0.795. The minimum atomic E-state index is -0.731. The van der Waals surface area contributed by atoms with Gasteiger partial charge in [0.1, 0.15) is 0 Å². The van der Waals surface area contributed by atoms with Gasteiger partial charge in [-0.15, -0.1) is 24.2 Å². The van der Waals surface area contributed by atoms with Crippen LogP contribution in [0.15, 0.2) is 29.2 Å². The van der Waals surface area contributed by atoms with Crippen LogP contribution in [0.1, 0.15) is 19.8 Å². The standard InChI is InChI=1S/C16H22N2O3S.ClH/c1-11(18-8-6-12(7-9-18)16(20)21)15(19)17-13-4-3-5-14(10-13)22-2;/h3-5,10-12H,6-9H2,1-2H3,(H,17,19)(H,20,21);1H. The zero-order valence-electron chi connectivity index (χ0n) is 13.3. The first kappa shape index (κ1) is 19.8. The molecule has 0 aliphatic carbocycles. The number of hydrogen-bond acceptors (Lipinski definition) is 4. The zero-order valence-corrected chi connectivity index (χ0v) is 15.0. The van der Waals surface area contributed by atoms with Gasteiger partial charge in [0.25, 0.3) is 0 Å². The summed E-state index contributed by atoms with van der Waals surface area (Å²) < 4.78 is 0. The molecule has 1 fully saturated rings. The highest BCUT2D eigenvalue weighted by Gasteiger charge is 2.29. The Kier molecular flexibility index (Phi) is 7.88. The molecule has 0 spiro atoms. The molecule has 1 atom stereocenters. The van der Waals surface area contributed by atoms with Crippen molar-refractivity contribution in [3.05, 3.63) is 24.3 Å². The lowest BCUT2D eigenvalue weighted by atomic mass is 9.96. The summed E-state index contributed by atoms with van der Waals surface area (Å²) in [6, 6.07) is 7.49. The molecule has 1 aliphatic rings. The van der Waals surface area contributed by atoms with Crippen molar-refractivity contribution < 1.29 is 14.7 Å². The molecule has 1 heterocycles. The number of carboxylic acid groups (broad SMARTS) is 1. The van der Waals surface area contributed by atoms with Crippen LogP contribution in [0.5, 0.6) is 0 Å². The summed E-state index contributed by atoms with van der Waals surface area (Å²) in [7, 11) is 0. The number of halogens is 1. The summed E-state index contributed by atoms with van der Waals surface area (Å²) in [6.07, 6.45) is 3.21. The van der Waals surface area contributed by atoms with E-state index in [1.165, 1.54) is 0 Å². The number of thioether (sulfide) groups is 1. The molecule has 23 heavy (non-hydrogen) atoms. The average Bonchev–Trinajstić information content (AvgIpc) is 2.54. The first-order valence-corrected chi connectivity index (χ1v) is 8.65. The highest BCUT2D eigenvalue weighted by Crippen LogP contribution is 2.21. The Morgan fingerprint density at radius 2 is 2.00 bits per heavy atom. The van der Waals surface area contributed by atoms with Gasteiger partial charge in [-0.25, -0.2) is 0 Å². The van der Waals surface area contributed by atoms with Crippen LogP contribution in [-0.4, -0.2) is 47.3 Å². The van der Waals surface area contributed by atoms with Crippen LogP contribution in [0.4, 0.5) is 5.69 Å². The monoisotopic (exact) mass is 358 g/mol. The third kappa shape index (κ3) is 5.41. The Hall–Kier alpha value is -1.24. The number of carbonyl (C=O) groups excluding carboxylic acids is 1. The molecule has 1 unspecified atom stereocenters. The normalized spacial score (nSPS) is 17.1. The van der Waals surface area contributed by atoms with Crippen molar-refractivity contribution in [2.24, 2.45) is 5.92 Å². The van der Waals surface area contributed by atoms with E-state index >= 15 is 0 Å². The second-order valence-electron chi connectivity index (χ2n) is 5.55. The summed E-state index contributed by atoms with van der Waals surface area (Å²) >= 11 is 1.63. The third-order valence-electron chi connectivity index (χ3n) is 4.14. The third-order valence-corrected chi connectivity index (χ3v) is 4.87. The van der Waals surface area contributed by atoms with Gasteiger partial charge in [-0.3, -0.25) is 14.5 Å². The van der Waals surface area contributed by atoms with Crippen LogP contribution in [0, 0.1) is 5.92 Å². The minimum absolute atomic E-state index is 0. The van der Waals surface area contributed by atoms with Gasteiger partial charge in [-0.1, -0.05) is 6.07 Å². The number of hydrogen-bond donors (Lipinski definition) is 2. The van der Waals surface area contributed by atoms with E-state index in [1.54, 1.807) is 11.8 Å². The van der Waals surface area contributed by atoms with E-state index in [0.717, 1.165) is 10.6 Å². The number of amides is 1. The predicted molar refractivity (Wildman–Crippen MR) is 95.5 cm³/mol. The topological polar surface area (TPSA) is 69.6 Å². The Labute approximate surface area is 147 Å². The number of likely N-dealkylation sites (tertiary alicyclic amines) is 1. The van der Waals surface area contributed by atoms with Gasteiger partial charge in [0, 0.05) is 10.6 Å². The molecular formula is C16H23ClN2O3S. The van der Waals surface area contributed by atoms with Crippen molar-refractivity contribution in [1.29, 1.82) is 0 Å². The lowest BCUT2D eigenvalue weighted by Gasteiger charge is -2.33. The van der Waals surface area contributed by atoms with Crippen LogP contribution < -0.4 is 5.32 Å².